The molecule has 1 aromatic carbocycles. The highest BCUT2D eigenvalue weighted by Gasteiger charge is 2.12. The number of hydrogen-bond acceptors (Lipinski definition) is 3. The number of rotatable bonds is 3. The standard InChI is InChI=1S/C18H14N2O2/c1-3-13-5-4-6-17(22)18(13)14-7-8-20-16(10-14)15(11-19-20)9-12(2)21/h1,4-8,10-11,21-22H,2,9H2. The van der Waals surface area contributed by atoms with Crippen LogP contribution < -0.4 is 0 Å². The highest BCUT2D eigenvalue weighted by Crippen LogP contribution is 2.33. The van der Waals surface area contributed by atoms with E-state index in [2.05, 4.69) is 17.6 Å². The van der Waals surface area contributed by atoms with Crippen molar-refractivity contribution in [2.45, 2.75) is 6.42 Å². The minimum atomic E-state index is 0.0761. The third kappa shape index (κ3) is 2.29. The molecule has 0 aliphatic carbocycles. The summed E-state index contributed by atoms with van der Waals surface area (Å²) < 4.78 is 1.71. The maximum Gasteiger partial charge on any atom is 0.124 e. The fraction of sp³-hybridized carbons (Fsp3) is 0.0556. The van der Waals surface area contributed by atoms with E-state index in [1.807, 2.05) is 12.1 Å². The largest absolute Gasteiger partial charge is 0.513 e. The van der Waals surface area contributed by atoms with Crippen molar-refractivity contribution in [3.63, 3.8) is 0 Å². The van der Waals surface area contributed by atoms with Gasteiger partial charge in [0.2, 0.25) is 0 Å². The van der Waals surface area contributed by atoms with Crippen LogP contribution in [0.25, 0.3) is 16.6 Å². The number of pyridine rings is 1. The summed E-state index contributed by atoms with van der Waals surface area (Å²) in [5.41, 5.74) is 3.72. The monoisotopic (exact) mass is 290 g/mol. The molecule has 0 atom stereocenters. The lowest BCUT2D eigenvalue weighted by Gasteiger charge is -2.09. The Kier molecular flexibility index (Phi) is 3.32. The minimum absolute atomic E-state index is 0.0761. The molecule has 0 aliphatic rings. The normalized spacial score (nSPS) is 10.5. The summed E-state index contributed by atoms with van der Waals surface area (Å²) in [5, 5.41) is 23.8. The van der Waals surface area contributed by atoms with Crippen molar-refractivity contribution < 1.29 is 10.2 Å². The van der Waals surface area contributed by atoms with Crippen LogP contribution >= 0.6 is 0 Å². The van der Waals surface area contributed by atoms with Crippen molar-refractivity contribution in [2.75, 3.05) is 0 Å². The van der Waals surface area contributed by atoms with Gasteiger partial charge in [0.1, 0.15) is 5.75 Å². The summed E-state index contributed by atoms with van der Waals surface area (Å²) in [4.78, 5) is 0. The molecule has 0 aliphatic heterocycles. The highest BCUT2D eigenvalue weighted by atomic mass is 16.3. The first kappa shape index (κ1) is 13.8. The second kappa shape index (κ2) is 5.30. The van der Waals surface area contributed by atoms with Crippen LogP contribution in [-0.4, -0.2) is 19.8 Å². The number of aromatic nitrogens is 2. The van der Waals surface area contributed by atoms with Gasteiger partial charge < -0.3 is 10.2 Å². The molecule has 2 N–H and O–H groups in total. The van der Waals surface area contributed by atoms with Crippen LogP contribution in [0.5, 0.6) is 5.75 Å². The molecule has 0 fully saturated rings. The minimum Gasteiger partial charge on any atom is -0.513 e. The highest BCUT2D eigenvalue weighted by molar-refractivity contribution is 5.79. The Morgan fingerprint density at radius 3 is 2.91 bits per heavy atom. The number of terminal acetylenes is 1. The SMILES string of the molecule is C#Cc1cccc(O)c1-c1ccn2ncc(CC(=C)O)c2c1. The number of aliphatic hydroxyl groups excluding tert-OH is 1. The van der Waals surface area contributed by atoms with E-state index in [9.17, 15) is 10.2 Å². The summed E-state index contributed by atoms with van der Waals surface area (Å²) >= 11 is 0. The van der Waals surface area contributed by atoms with Gasteiger partial charge in [0.15, 0.2) is 0 Å². The Labute approximate surface area is 128 Å². The molecular formula is C18H14N2O2. The van der Waals surface area contributed by atoms with E-state index in [4.69, 9.17) is 6.42 Å². The Balaban J connectivity index is 2.21. The van der Waals surface area contributed by atoms with Crippen LogP contribution in [-0.2, 0) is 6.42 Å². The number of fused-ring (bicyclic) bond motifs is 1. The fourth-order valence-corrected chi connectivity index (χ4v) is 2.51. The molecule has 0 amide bonds. The van der Waals surface area contributed by atoms with Gasteiger partial charge in [0.25, 0.3) is 0 Å². The molecule has 3 rings (SSSR count). The molecule has 22 heavy (non-hydrogen) atoms. The zero-order valence-electron chi connectivity index (χ0n) is 11.8. The summed E-state index contributed by atoms with van der Waals surface area (Å²) in [6, 6.07) is 8.83. The maximum absolute atomic E-state index is 10.1. The second-order valence-electron chi connectivity index (χ2n) is 5.00. The van der Waals surface area contributed by atoms with Gasteiger partial charge in [-0.15, -0.1) is 6.42 Å². The molecule has 3 aromatic rings. The molecule has 0 unspecified atom stereocenters. The molecule has 4 heteroatoms. The van der Waals surface area contributed by atoms with E-state index in [0.29, 0.717) is 17.5 Å². The van der Waals surface area contributed by atoms with Gasteiger partial charge in [0, 0.05) is 29.3 Å². The number of hydrogen-bond donors (Lipinski definition) is 2. The Hall–Kier alpha value is -3.19. The Bertz CT molecular complexity index is 916. The lowest BCUT2D eigenvalue weighted by Crippen LogP contribution is -1.92. The number of benzene rings is 1. The summed E-state index contributed by atoms with van der Waals surface area (Å²) in [6.07, 6.45) is 9.33. The lowest BCUT2D eigenvalue weighted by molar-refractivity contribution is 0.402. The van der Waals surface area contributed by atoms with Crippen LogP contribution in [0.15, 0.2) is 55.1 Å². The Morgan fingerprint density at radius 2 is 2.18 bits per heavy atom. The summed E-state index contributed by atoms with van der Waals surface area (Å²) in [5.74, 6) is 2.80. The van der Waals surface area contributed by atoms with Gasteiger partial charge in [-0.05, 0) is 29.8 Å². The van der Waals surface area contributed by atoms with Crippen LogP contribution in [0, 0.1) is 12.3 Å². The van der Waals surface area contributed by atoms with Gasteiger partial charge in [-0.25, -0.2) is 4.52 Å². The number of nitrogens with zero attached hydrogens (tertiary/aromatic N) is 2. The first-order valence-corrected chi connectivity index (χ1v) is 6.72. The van der Waals surface area contributed by atoms with Crippen molar-refractivity contribution in [2.24, 2.45) is 0 Å². The predicted octanol–water partition coefficient (Wildman–Crippen LogP) is 3.30. The summed E-state index contributed by atoms with van der Waals surface area (Å²) in [7, 11) is 0. The van der Waals surface area contributed by atoms with Gasteiger partial charge >= 0.3 is 0 Å². The molecule has 0 saturated carbocycles. The first-order chi connectivity index (χ1) is 10.6. The maximum atomic E-state index is 10.1. The third-order valence-electron chi connectivity index (χ3n) is 3.48. The molecule has 108 valence electrons. The first-order valence-electron chi connectivity index (χ1n) is 6.72. The van der Waals surface area contributed by atoms with Crippen molar-refractivity contribution in [3.8, 4) is 29.2 Å². The van der Waals surface area contributed by atoms with E-state index in [0.717, 1.165) is 16.6 Å². The fourth-order valence-electron chi connectivity index (χ4n) is 2.51. The average molecular weight is 290 g/mol. The number of aromatic hydroxyl groups is 1. The molecule has 2 heterocycles. The van der Waals surface area contributed by atoms with E-state index >= 15 is 0 Å². The Morgan fingerprint density at radius 1 is 1.36 bits per heavy atom. The van der Waals surface area contributed by atoms with Crippen molar-refractivity contribution >= 4 is 5.52 Å². The van der Waals surface area contributed by atoms with Crippen molar-refractivity contribution in [1.82, 2.24) is 9.61 Å². The molecule has 0 saturated heterocycles. The number of allylic oxidation sites excluding steroid dienone is 1. The average Bonchev–Trinajstić information content (AvgIpc) is 2.88. The van der Waals surface area contributed by atoms with Gasteiger partial charge in [-0.3, -0.25) is 0 Å². The molecule has 0 bridgehead atoms. The zero-order valence-corrected chi connectivity index (χ0v) is 11.8. The number of phenolic OH excluding ortho intramolecular Hbond substituents is 1. The molecule has 0 radical (unpaired) electrons. The van der Waals surface area contributed by atoms with Crippen LogP contribution in [0.1, 0.15) is 11.1 Å². The van der Waals surface area contributed by atoms with Gasteiger partial charge in [0.05, 0.1) is 17.5 Å². The van der Waals surface area contributed by atoms with Crippen molar-refractivity contribution in [1.29, 1.82) is 0 Å². The number of phenols is 1. The summed E-state index contributed by atoms with van der Waals surface area (Å²) in [6.45, 7) is 3.51. The molecular weight excluding hydrogens is 276 g/mol. The molecule has 4 nitrogen and oxygen atoms in total. The van der Waals surface area contributed by atoms with E-state index in [-0.39, 0.29) is 11.5 Å². The predicted molar refractivity (Wildman–Crippen MR) is 85.7 cm³/mol. The smallest absolute Gasteiger partial charge is 0.124 e. The quantitative estimate of drug-likeness (QED) is 0.575. The van der Waals surface area contributed by atoms with Gasteiger partial charge in [-0.1, -0.05) is 18.6 Å². The third-order valence-corrected chi connectivity index (χ3v) is 3.48. The van der Waals surface area contributed by atoms with Crippen LogP contribution in [0.4, 0.5) is 0 Å². The van der Waals surface area contributed by atoms with E-state index < -0.39 is 0 Å². The van der Waals surface area contributed by atoms with E-state index in [1.165, 1.54) is 0 Å². The van der Waals surface area contributed by atoms with Gasteiger partial charge in [-0.2, -0.15) is 5.10 Å². The van der Waals surface area contributed by atoms with Crippen LogP contribution in [0.3, 0.4) is 0 Å². The van der Waals surface area contributed by atoms with E-state index in [1.54, 1.807) is 35.1 Å². The molecule has 2 aromatic heterocycles. The topological polar surface area (TPSA) is 57.8 Å². The number of aliphatic hydroxyl groups is 1. The lowest BCUT2D eigenvalue weighted by atomic mass is 9.99. The van der Waals surface area contributed by atoms with Crippen molar-refractivity contribution in [3.05, 3.63) is 66.2 Å². The van der Waals surface area contributed by atoms with Crippen LogP contribution in [0.2, 0.25) is 0 Å². The zero-order chi connectivity index (χ0) is 15.7. The second-order valence-corrected chi connectivity index (χ2v) is 5.00. The molecule has 0 spiro atoms.